The lowest BCUT2D eigenvalue weighted by Crippen LogP contribution is -1.99. The standard InChI is InChI=1S/C9H7ClO2/c10-6-7-12-9(11)8-4-2-1-3-5-8/h1-7H/b7-6+. The van der Waals surface area contributed by atoms with Gasteiger partial charge in [0.1, 0.15) is 6.26 Å². The van der Waals surface area contributed by atoms with E-state index < -0.39 is 5.97 Å². The van der Waals surface area contributed by atoms with E-state index in [9.17, 15) is 4.79 Å². The van der Waals surface area contributed by atoms with Crippen molar-refractivity contribution in [2.75, 3.05) is 0 Å². The normalized spacial score (nSPS) is 10.1. The van der Waals surface area contributed by atoms with E-state index in [1.54, 1.807) is 24.3 Å². The molecular formula is C9H7ClO2. The number of halogens is 1. The lowest BCUT2D eigenvalue weighted by Gasteiger charge is -1.96. The monoisotopic (exact) mass is 182 g/mol. The van der Waals surface area contributed by atoms with Gasteiger partial charge in [0.15, 0.2) is 0 Å². The zero-order chi connectivity index (χ0) is 8.81. The van der Waals surface area contributed by atoms with Crippen molar-refractivity contribution in [3.8, 4) is 0 Å². The Hall–Kier alpha value is -1.28. The third-order valence-corrected chi connectivity index (χ3v) is 1.34. The number of ether oxygens (including phenoxy) is 1. The van der Waals surface area contributed by atoms with Crippen molar-refractivity contribution in [3.63, 3.8) is 0 Å². The molecule has 1 aromatic carbocycles. The Morgan fingerprint density at radius 1 is 1.33 bits per heavy atom. The quantitative estimate of drug-likeness (QED) is 0.519. The van der Waals surface area contributed by atoms with Crippen LogP contribution in [-0.2, 0) is 4.74 Å². The molecule has 0 aromatic heterocycles. The SMILES string of the molecule is O=C(O/C=C/Cl)c1ccccc1. The number of carbonyl (C=O) groups excluding carboxylic acids is 1. The Morgan fingerprint density at radius 3 is 2.58 bits per heavy atom. The van der Waals surface area contributed by atoms with Gasteiger partial charge in [-0.05, 0) is 12.1 Å². The van der Waals surface area contributed by atoms with Crippen LogP contribution in [0.3, 0.4) is 0 Å². The Kier molecular flexibility index (Phi) is 3.35. The number of rotatable bonds is 2. The molecule has 0 aliphatic rings. The Labute approximate surface area is 75.4 Å². The van der Waals surface area contributed by atoms with E-state index in [0.29, 0.717) is 5.56 Å². The number of hydrogen-bond acceptors (Lipinski definition) is 2. The zero-order valence-electron chi connectivity index (χ0n) is 6.24. The maximum absolute atomic E-state index is 11.1. The van der Waals surface area contributed by atoms with E-state index in [4.69, 9.17) is 11.6 Å². The van der Waals surface area contributed by atoms with Gasteiger partial charge in [-0.15, -0.1) is 0 Å². The third kappa shape index (κ3) is 2.40. The summed E-state index contributed by atoms with van der Waals surface area (Å²) in [6.07, 6.45) is 1.14. The minimum absolute atomic E-state index is 0.410. The van der Waals surface area contributed by atoms with Crippen LogP contribution in [0.1, 0.15) is 10.4 Å². The van der Waals surface area contributed by atoms with Crippen LogP contribution < -0.4 is 0 Å². The van der Waals surface area contributed by atoms with E-state index in [1.165, 1.54) is 0 Å². The first-order valence-electron chi connectivity index (χ1n) is 3.36. The smallest absolute Gasteiger partial charge is 0.342 e. The van der Waals surface area contributed by atoms with Crippen molar-refractivity contribution in [3.05, 3.63) is 47.7 Å². The fourth-order valence-electron chi connectivity index (χ4n) is 0.730. The van der Waals surface area contributed by atoms with Crippen LogP contribution in [0.25, 0.3) is 0 Å². The summed E-state index contributed by atoms with van der Waals surface area (Å²) in [5, 5.41) is 0. The van der Waals surface area contributed by atoms with Crippen LogP contribution in [0, 0.1) is 0 Å². The molecular weight excluding hydrogens is 176 g/mol. The summed E-state index contributed by atoms with van der Waals surface area (Å²) in [5.41, 5.74) is 1.65. The first-order valence-corrected chi connectivity index (χ1v) is 3.79. The van der Waals surface area contributed by atoms with Crippen LogP contribution in [0.15, 0.2) is 42.1 Å². The molecule has 0 atom stereocenters. The lowest BCUT2D eigenvalue weighted by molar-refractivity contribution is 0.0663. The summed E-state index contributed by atoms with van der Waals surface area (Å²) >= 11 is 5.18. The van der Waals surface area contributed by atoms with Crippen molar-refractivity contribution in [2.45, 2.75) is 0 Å². The highest BCUT2D eigenvalue weighted by Gasteiger charge is 2.02. The molecule has 0 heterocycles. The first-order chi connectivity index (χ1) is 5.84. The Balaban J connectivity index is 2.66. The Bertz CT molecular complexity index is 280. The van der Waals surface area contributed by atoms with Crippen molar-refractivity contribution < 1.29 is 9.53 Å². The molecule has 0 saturated heterocycles. The van der Waals surface area contributed by atoms with Crippen LogP contribution in [-0.4, -0.2) is 5.97 Å². The van der Waals surface area contributed by atoms with Crippen LogP contribution in [0.2, 0.25) is 0 Å². The molecule has 0 N–H and O–H groups in total. The summed E-state index contributed by atoms with van der Waals surface area (Å²) in [7, 11) is 0. The summed E-state index contributed by atoms with van der Waals surface area (Å²) in [6, 6.07) is 8.70. The molecule has 0 aliphatic heterocycles. The van der Waals surface area contributed by atoms with Gasteiger partial charge in [-0.25, -0.2) is 4.79 Å². The molecule has 0 saturated carbocycles. The van der Waals surface area contributed by atoms with Gasteiger partial charge in [0.2, 0.25) is 0 Å². The highest BCUT2D eigenvalue weighted by Crippen LogP contribution is 2.01. The van der Waals surface area contributed by atoms with E-state index in [2.05, 4.69) is 4.74 Å². The van der Waals surface area contributed by atoms with Gasteiger partial charge in [0.25, 0.3) is 0 Å². The minimum atomic E-state index is -0.410. The average Bonchev–Trinajstić information content (AvgIpc) is 2.15. The minimum Gasteiger partial charge on any atom is -0.430 e. The van der Waals surface area contributed by atoms with Gasteiger partial charge in [0, 0.05) is 5.54 Å². The molecule has 0 bridgehead atoms. The number of carbonyl (C=O) groups is 1. The summed E-state index contributed by atoms with van der Waals surface area (Å²) < 4.78 is 4.63. The second kappa shape index (κ2) is 4.57. The molecule has 3 heteroatoms. The maximum atomic E-state index is 11.1. The topological polar surface area (TPSA) is 26.3 Å². The van der Waals surface area contributed by atoms with E-state index in [1.807, 2.05) is 6.07 Å². The van der Waals surface area contributed by atoms with Gasteiger partial charge >= 0.3 is 5.97 Å². The van der Waals surface area contributed by atoms with Crippen LogP contribution >= 0.6 is 11.6 Å². The van der Waals surface area contributed by atoms with Gasteiger partial charge < -0.3 is 4.74 Å². The molecule has 62 valence electrons. The molecule has 0 aliphatic carbocycles. The summed E-state index contributed by atoms with van der Waals surface area (Å²) in [4.78, 5) is 11.1. The second-order valence-corrected chi connectivity index (χ2v) is 2.29. The van der Waals surface area contributed by atoms with Crippen molar-refractivity contribution in [1.82, 2.24) is 0 Å². The van der Waals surface area contributed by atoms with Gasteiger partial charge in [-0.1, -0.05) is 29.8 Å². The maximum Gasteiger partial charge on any atom is 0.342 e. The highest BCUT2D eigenvalue weighted by molar-refractivity contribution is 6.25. The van der Waals surface area contributed by atoms with Crippen molar-refractivity contribution in [2.24, 2.45) is 0 Å². The fraction of sp³-hybridized carbons (Fsp3) is 0. The highest BCUT2D eigenvalue weighted by atomic mass is 35.5. The molecule has 1 aromatic rings. The number of benzene rings is 1. The van der Waals surface area contributed by atoms with Crippen LogP contribution in [0.5, 0.6) is 0 Å². The van der Waals surface area contributed by atoms with E-state index in [0.717, 1.165) is 11.8 Å². The summed E-state index contributed by atoms with van der Waals surface area (Å²) in [5.74, 6) is -0.410. The molecule has 0 radical (unpaired) electrons. The molecule has 2 nitrogen and oxygen atoms in total. The van der Waals surface area contributed by atoms with Crippen molar-refractivity contribution in [1.29, 1.82) is 0 Å². The lowest BCUT2D eigenvalue weighted by atomic mass is 10.2. The third-order valence-electron chi connectivity index (χ3n) is 1.24. The number of esters is 1. The van der Waals surface area contributed by atoms with E-state index >= 15 is 0 Å². The van der Waals surface area contributed by atoms with E-state index in [-0.39, 0.29) is 0 Å². The first kappa shape index (κ1) is 8.81. The van der Waals surface area contributed by atoms with Gasteiger partial charge in [0.05, 0.1) is 5.56 Å². The molecule has 12 heavy (non-hydrogen) atoms. The molecule has 0 unspecified atom stereocenters. The van der Waals surface area contributed by atoms with Gasteiger partial charge in [-0.3, -0.25) is 0 Å². The Morgan fingerprint density at radius 2 is 2.00 bits per heavy atom. The second-order valence-electron chi connectivity index (χ2n) is 2.03. The fourth-order valence-corrected chi connectivity index (χ4v) is 0.781. The van der Waals surface area contributed by atoms with Gasteiger partial charge in [-0.2, -0.15) is 0 Å². The molecule has 1 rings (SSSR count). The molecule has 0 amide bonds. The van der Waals surface area contributed by atoms with Crippen molar-refractivity contribution >= 4 is 17.6 Å². The molecule has 0 spiro atoms. The van der Waals surface area contributed by atoms with Crippen LogP contribution in [0.4, 0.5) is 0 Å². The predicted molar refractivity (Wildman–Crippen MR) is 46.9 cm³/mol. The molecule has 0 fully saturated rings. The predicted octanol–water partition coefficient (Wildman–Crippen LogP) is 2.55. The average molecular weight is 183 g/mol. The largest absolute Gasteiger partial charge is 0.430 e. The summed E-state index contributed by atoms with van der Waals surface area (Å²) in [6.45, 7) is 0. The number of hydrogen-bond donors (Lipinski definition) is 0. The zero-order valence-corrected chi connectivity index (χ0v) is 6.99.